The van der Waals surface area contributed by atoms with Gasteiger partial charge in [0.15, 0.2) is 0 Å². The van der Waals surface area contributed by atoms with Gasteiger partial charge < -0.3 is 0 Å². The normalized spacial score (nSPS) is 11.6. The smallest absolute Gasteiger partial charge is 0.239 e. The summed E-state index contributed by atoms with van der Waals surface area (Å²) in [5.74, 6) is 0. The molecule has 0 radical (unpaired) electrons. The minimum absolute atomic E-state index is 0.180. The van der Waals surface area contributed by atoms with Gasteiger partial charge in [0.05, 0.1) is 11.9 Å². The standard InChI is InChI=1S/C29H25N3O2S/c33-35(34,31(21-24-13-5-1-6-14-24)22-25-15-7-2-8-16-25)28-23-32(27-19-11-4-12-20-27)30-29(28)26-17-9-3-10-18-26/h1-20,23H,21-22H2. The average molecular weight is 480 g/mol. The van der Waals surface area contributed by atoms with Crippen LogP contribution in [0.25, 0.3) is 16.9 Å². The van der Waals surface area contributed by atoms with Crippen LogP contribution in [-0.2, 0) is 23.1 Å². The Bertz CT molecular complexity index is 1440. The van der Waals surface area contributed by atoms with Crippen LogP contribution in [0.15, 0.2) is 132 Å². The zero-order valence-corrected chi connectivity index (χ0v) is 19.9. The predicted molar refractivity (Wildman–Crippen MR) is 138 cm³/mol. The SMILES string of the molecule is O=S(=O)(c1cn(-c2ccccc2)nc1-c1ccccc1)N(Cc1ccccc1)Cc1ccccc1. The molecule has 4 aromatic carbocycles. The van der Waals surface area contributed by atoms with Gasteiger partial charge in [-0.3, -0.25) is 0 Å². The molecule has 1 heterocycles. The van der Waals surface area contributed by atoms with Gasteiger partial charge in [0, 0.05) is 18.7 Å². The van der Waals surface area contributed by atoms with Crippen molar-refractivity contribution < 1.29 is 8.42 Å². The highest BCUT2D eigenvalue weighted by Gasteiger charge is 2.31. The van der Waals surface area contributed by atoms with Crippen molar-refractivity contribution in [3.05, 3.63) is 139 Å². The van der Waals surface area contributed by atoms with Crippen molar-refractivity contribution in [3.63, 3.8) is 0 Å². The molecule has 0 amide bonds. The van der Waals surface area contributed by atoms with Crippen LogP contribution in [0.2, 0.25) is 0 Å². The molecule has 5 aromatic rings. The lowest BCUT2D eigenvalue weighted by atomic mass is 10.2. The third-order valence-electron chi connectivity index (χ3n) is 5.77. The van der Waals surface area contributed by atoms with E-state index in [0.717, 1.165) is 22.4 Å². The third kappa shape index (κ3) is 5.09. The largest absolute Gasteiger partial charge is 0.247 e. The highest BCUT2D eigenvalue weighted by molar-refractivity contribution is 7.89. The van der Waals surface area contributed by atoms with Crippen LogP contribution in [0, 0.1) is 0 Å². The second-order valence-corrected chi connectivity index (χ2v) is 10.1. The Morgan fingerprint density at radius 2 is 1.09 bits per heavy atom. The minimum Gasteiger partial charge on any atom is -0.239 e. The number of aromatic nitrogens is 2. The van der Waals surface area contributed by atoms with E-state index in [0.29, 0.717) is 5.69 Å². The highest BCUT2D eigenvalue weighted by Crippen LogP contribution is 2.31. The van der Waals surface area contributed by atoms with E-state index in [2.05, 4.69) is 0 Å². The Kier molecular flexibility index (Phi) is 6.57. The molecule has 0 saturated heterocycles. The van der Waals surface area contributed by atoms with Crippen molar-refractivity contribution in [2.24, 2.45) is 0 Å². The van der Waals surface area contributed by atoms with E-state index >= 15 is 0 Å². The molecule has 0 atom stereocenters. The van der Waals surface area contributed by atoms with Crippen LogP contribution in [0.1, 0.15) is 11.1 Å². The molecule has 0 aliphatic heterocycles. The maximum absolute atomic E-state index is 14.3. The van der Waals surface area contributed by atoms with Crippen LogP contribution < -0.4 is 0 Å². The summed E-state index contributed by atoms with van der Waals surface area (Å²) < 4.78 is 31.7. The topological polar surface area (TPSA) is 55.2 Å². The first-order valence-corrected chi connectivity index (χ1v) is 12.8. The summed E-state index contributed by atoms with van der Waals surface area (Å²) in [5.41, 5.74) is 3.82. The second kappa shape index (κ2) is 10.1. The lowest BCUT2D eigenvalue weighted by molar-refractivity contribution is 0.401. The Balaban J connectivity index is 1.63. The van der Waals surface area contributed by atoms with E-state index in [1.165, 1.54) is 4.31 Å². The minimum atomic E-state index is -3.91. The Morgan fingerprint density at radius 3 is 1.60 bits per heavy atom. The molecule has 0 bridgehead atoms. The molecule has 0 aliphatic rings. The van der Waals surface area contributed by atoms with E-state index in [1.54, 1.807) is 10.9 Å². The summed E-state index contributed by atoms with van der Waals surface area (Å²) in [6.45, 7) is 0.506. The van der Waals surface area contributed by atoms with E-state index in [1.807, 2.05) is 121 Å². The Labute approximate surface area is 206 Å². The lowest BCUT2D eigenvalue weighted by Gasteiger charge is -2.22. The van der Waals surface area contributed by atoms with Crippen molar-refractivity contribution in [2.45, 2.75) is 18.0 Å². The molecular weight excluding hydrogens is 454 g/mol. The summed E-state index contributed by atoms with van der Waals surface area (Å²) in [6.07, 6.45) is 1.62. The summed E-state index contributed by atoms with van der Waals surface area (Å²) >= 11 is 0. The zero-order chi connectivity index (χ0) is 24.1. The fraction of sp³-hybridized carbons (Fsp3) is 0.0690. The molecule has 1 aromatic heterocycles. The highest BCUT2D eigenvalue weighted by atomic mass is 32.2. The van der Waals surface area contributed by atoms with Gasteiger partial charge in [0.25, 0.3) is 0 Å². The molecule has 0 fully saturated rings. The van der Waals surface area contributed by atoms with Crippen LogP contribution in [-0.4, -0.2) is 22.5 Å². The van der Waals surface area contributed by atoms with Gasteiger partial charge in [-0.25, -0.2) is 13.1 Å². The molecule has 174 valence electrons. The summed E-state index contributed by atoms with van der Waals surface area (Å²) in [5, 5.41) is 4.72. The van der Waals surface area contributed by atoms with Crippen molar-refractivity contribution in [2.75, 3.05) is 0 Å². The molecule has 0 saturated carbocycles. The van der Waals surface area contributed by atoms with Gasteiger partial charge in [-0.2, -0.15) is 9.40 Å². The predicted octanol–water partition coefficient (Wildman–Crippen LogP) is 5.93. The zero-order valence-electron chi connectivity index (χ0n) is 19.1. The average Bonchev–Trinajstić information content (AvgIpc) is 3.37. The van der Waals surface area contributed by atoms with Crippen molar-refractivity contribution in [1.29, 1.82) is 0 Å². The Morgan fingerprint density at radius 1 is 0.629 bits per heavy atom. The van der Waals surface area contributed by atoms with Crippen LogP contribution in [0.3, 0.4) is 0 Å². The number of hydrogen-bond acceptors (Lipinski definition) is 3. The van der Waals surface area contributed by atoms with E-state index in [9.17, 15) is 8.42 Å². The van der Waals surface area contributed by atoms with E-state index in [4.69, 9.17) is 5.10 Å². The second-order valence-electron chi connectivity index (χ2n) is 8.23. The molecule has 35 heavy (non-hydrogen) atoms. The molecule has 6 heteroatoms. The molecule has 5 nitrogen and oxygen atoms in total. The van der Waals surface area contributed by atoms with E-state index in [-0.39, 0.29) is 18.0 Å². The molecule has 0 N–H and O–H groups in total. The molecule has 5 rings (SSSR count). The monoisotopic (exact) mass is 479 g/mol. The first-order chi connectivity index (χ1) is 17.1. The maximum atomic E-state index is 14.3. The number of nitrogens with zero attached hydrogens (tertiary/aromatic N) is 3. The molecule has 0 spiro atoms. The van der Waals surface area contributed by atoms with Crippen molar-refractivity contribution >= 4 is 10.0 Å². The van der Waals surface area contributed by atoms with Crippen molar-refractivity contribution in [1.82, 2.24) is 14.1 Å². The lowest BCUT2D eigenvalue weighted by Crippen LogP contribution is -2.30. The van der Waals surface area contributed by atoms with Gasteiger partial charge in [-0.1, -0.05) is 109 Å². The maximum Gasteiger partial charge on any atom is 0.247 e. The number of sulfonamides is 1. The fourth-order valence-corrected chi connectivity index (χ4v) is 5.55. The summed E-state index contributed by atoms with van der Waals surface area (Å²) in [7, 11) is -3.91. The number of para-hydroxylation sites is 1. The van der Waals surface area contributed by atoms with Gasteiger partial charge >= 0.3 is 0 Å². The molecule has 0 unspecified atom stereocenters. The third-order valence-corrected chi connectivity index (χ3v) is 7.56. The first-order valence-electron chi connectivity index (χ1n) is 11.4. The van der Waals surface area contributed by atoms with Gasteiger partial charge in [0.2, 0.25) is 10.0 Å². The quantitative estimate of drug-likeness (QED) is 0.277. The van der Waals surface area contributed by atoms with Gasteiger partial charge in [-0.05, 0) is 23.3 Å². The Hall–Kier alpha value is -4.00. The van der Waals surface area contributed by atoms with E-state index < -0.39 is 10.0 Å². The summed E-state index contributed by atoms with van der Waals surface area (Å²) in [4.78, 5) is 0.180. The van der Waals surface area contributed by atoms with Crippen molar-refractivity contribution in [3.8, 4) is 16.9 Å². The van der Waals surface area contributed by atoms with Crippen LogP contribution in [0.5, 0.6) is 0 Å². The summed E-state index contributed by atoms with van der Waals surface area (Å²) in [6, 6.07) is 38.3. The van der Waals surface area contributed by atoms with Crippen LogP contribution >= 0.6 is 0 Å². The number of rotatable bonds is 8. The van der Waals surface area contributed by atoms with Gasteiger partial charge in [0.1, 0.15) is 10.6 Å². The first kappa shape index (κ1) is 22.8. The molecular formula is C29H25N3O2S. The van der Waals surface area contributed by atoms with Crippen LogP contribution in [0.4, 0.5) is 0 Å². The number of hydrogen-bond donors (Lipinski definition) is 0. The molecule has 0 aliphatic carbocycles. The van der Waals surface area contributed by atoms with Gasteiger partial charge in [-0.15, -0.1) is 0 Å². The fourth-order valence-electron chi connectivity index (χ4n) is 3.99. The number of benzene rings is 4.